The Labute approximate surface area is 114 Å². The zero-order chi connectivity index (χ0) is 13.4. The van der Waals surface area contributed by atoms with Gasteiger partial charge < -0.3 is 9.05 Å². The van der Waals surface area contributed by atoms with Gasteiger partial charge >= 0.3 is 7.60 Å². The standard InChI is InChI=1S/C13H20ClO3P/c1-3-16-18(15,17-4-2)11-13-7-5-12(6-8-13)9-10-14/h5-8H,3-4,9-11H2,1-2H3. The normalized spacial score (nSPS) is 11.7. The number of hydrogen-bond donors (Lipinski definition) is 0. The Hall–Kier alpha value is -0.340. The van der Waals surface area contributed by atoms with Gasteiger partial charge in [0.1, 0.15) is 0 Å². The molecule has 1 aromatic carbocycles. The molecule has 0 amide bonds. The Kier molecular flexibility index (Phi) is 6.95. The van der Waals surface area contributed by atoms with Crippen LogP contribution in [-0.4, -0.2) is 19.1 Å². The van der Waals surface area contributed by atoms with Crippen LogP contribution in [0.15, 0.2) is 24.3 Å². The molecule has 0 fully saturated rings. The molecule has 0 atom stereocenters. The summed E-state index contributed by atoms with van der Waals surface area (Å²) in [6.07, 6.45) is 1.16. The van der Waals surface area contributed by atoms with E-state index in [9.17, 15) is 4.57 Å². The first kappa shape index (κ1) is 15.7. The van der Waals surface area contributed by atoms with Crippen molar-refractivity contribution in [3.8, 4) is 0 Å². The lowest BCUT2D eigenvalue weighted by molar-refractivity contribution is 0.219. The van der Waals surface area contributed by atoms with E-state index in [1.54, 1.807) is 0 Å². The van der Waals surface area contributed by atoms with Gasteiger partial charge in [0, 0.05) is 5.88 Å². The van der Waals surface area contributed by atoms with E-state index in [1.165, 1.54) is 5.56 Å². The van der Waals surface area contributed by atoms with E-state index in [1.807, 2.05) is 38.1 Å². The predicted octanol–water partition coefficient (Wildman–Crippen LogP) is 4.23. The number of alkyl halides is 1. The second kappa shape index (κ2) is 7.96. The van der Waals surface area contributed by atoms with Gasteiger partial charge in [-0.25, -0.2) is 0 Å². The highest BCUT2D eigenvalue weighted by Gasteiger charge is 2.23. The minimum absolute atomic E-state index is 0.315. The zero-order valence-corrected chi connectivity index (χ0v) is 12.5. The molecule has 0 aliphatic carbocycles. The van der Waals surface area contributed by atoms with Gasteiger partial charge in [0.25, 0.3) is 0 Å². The van der Waals surface area contributed by atoms with Crippen LogP contribution in [0, 0.1) is 0 Å². The van der Waals surface area contributed by atoms with Gasteiger partial charge in [-0.1, -0.05) is 24.3 Å². The maximum Gasteiger partial charge on any atom is 0.335 e. The number of aryl methyl sites for hydroxylation is 1. The highest BCUT2D eigenvalue weighted by atomic mass is 35.5. The molecule has 0 radical (unpaired) electrons. The van der Waals surface area contributed by atoms with Crippen molar-refractivity contribution in [2.24, 2.45) is 0 Å². The van der Waals surface area contributed by atoms with Crippen molar-refractivity contribution in [3.05, 3.63) is 35.4 Å². The van der Waals surface area contributed by atoms with Gasteiger partial charge in [-0.05, 0) is 31.4 Å². The highest BCUT2D eigenvalue weighted by molar-refractivity contribution is 7.53. The number of rotatable bonds is 8. The Morgan fingerprint density at radius 1 is 1.06 bits per heavy atom. The van der Waals surface area contributed by atoms with E-state index in [4.69, 9.17) is 20.6 Å². The second-order valence-electron chi connectivity index (χ2n) is 3.86. The summed E-state index contributed by atoms with van der Waals surface area (Å²) in [6, 6.07) is 7.90. The van der Waals surface area contributed by atoms with Crippen LogP contribution in [-0.2, 0) is 26.2 Å². The van der Waals surface area contributed by atoms with Crippen LogP contribution in [0.2, 0.25) is 0 Å². The Morgan fingerprint density at radius 3 is 2.00 bits per heavy atom. The van der Waals surface area contributed by atoms with Gasteiger partial charge in [-0.3, -0.25) is 4.57 Å². The Bertz CT molecular complexity index is 382. The molecule has 0 saturated heterocycles. The number of halogens is 1. The van der Waals surface area contributed by atoms with E-state index in [0.717, 1.165) is 12.0 Å². The molecule has 0 unspecified atom stereocenters. The summed E-state index contributed by atoms with van der Waals surface area (Å²) < 4.78 is 22.9. The first-order valence-electron chi connectivity index (χ1n) is 6.15. The molecule has 3 nitrogen and oxygen atoms in total. The summed E-state index contributed by atoms with van der Waals surface area (Å²) in [4.78, 5) is 0. The van der Waals surface area contributed by atoms with Crippen LogP contribution in [0.4, 0.5) is 0 Å². The van der Waals surface area contributed by atoms with E-state index in [2.05, 4.69) is 0 Å². The topological polar surface area (TPSA) is 35.5 Å². The summed E-state index contributed by atoms with van der Waals surface area (Å²) in [5, 5.41) is 0. The van der Waals surface area contributed by atoms with Crippen molar-refractivity contribution in [2.45, 2.75) is 26.4 Å². The fourth-order valence-electron chi connectivity index (χ4n) is 1.67. The first-order chi connectivity index (χ1) is 8.63. The van der Waals surface area contributed by atoms with Gasteiger partial charge in [-0.2, -0.15) is 0 Å². The smallest absolute Gasteiger partial charge is 0.309 e. The molecular weight excluding hydrogens is 271 g/mol. The van der Waals surface area contributed by atoms with Gasteiger partial charge in [0.05, 0.1) is 19.4 Å². The fourth-order valence-corrected chi connectivity index (χ4v) is 3.59. The Morgan fingerprint density at radius 2 is 1.56 bits per heavy atom. The third-order valence-electron chi connectivity index (χ3n) is 2.43. The molecule has 0 aromatic heterocycles. The van der Waals surface area contributed by atoms with Gasteiger partial charge in [0.2, 0.25) is 0 Å². The van der Waals surface area contributed by atoms with Gasteiger partial charge in [-0.15, -0.1) is 11.6 Å². The first-order valence-corrected chi connectivity index (χ1v) is 8.41. The number of hydrogen-bond acceptors (Lipinski definition) is 3. The SMILES string of the molecule is CCOP(=O)(Cc1ccc(CCCl)cc1)OCC. The summed E-state index contributed by atoms with van der Waals surface area (Å²) in [6.45, 7) is 4.41. The van der Waals surface area contributed by atoms with Crippen molar-refractivity contribution in [1.82, 2.24) is 0 Å². The monoisotopic (exact) mass is 290 g/mol. The molecule has 0 bridgehead atoms. The third kappa shape index (κ3) is 5.11. The number of benzene rings is 1. The molecule has 102 valence electrons. The van der Waals surface area contributed by atoms with E-state index >= 15 is 0 Å². The van der Waals surface area contributed by atoms with Crippen LogP contribution >= 0.6 is 19.2 Å². The summed E-state index contributed by atoms with van der Waals surface area (Å²) in [7, 11) is -3.00. The molecule has 18 heavy (non-hydrogen) atoms. The quantitative estimate of drug-likeness (QED) is 0.531. The van der Waals surface area contributed by atoms with E-state index in [0.29, 0.717) is 25.3 Å². The molecule has 0 heterocycles. The molecular formula is C13H20ClO3P. The molecule has 0 spiro atoms. The largest absolute Gasteiger partial charge is 0.335 e. The van der Waals surface area contributed by atoms with E-state index in [-0.39, 0.29) is 0 Å². The van der Waals surface area contributed by atoms with Crippen LogP contribution in [0.5, 0.6) is 0 Å². The third-order valence-corrected chi connectivity index (χ3v) is 4.68. The molecule has 0 saturated carbocycles. The van der Waals surface area contributed by atoms with Crippen LogP contribution in [0.1, 0.15) is 25.0 Å². The molecule has 0 N–H and O–H groups in total. The summed E-state index contributed by atoms with van der Waals surface area (Å²) in [5.41, 5.74) is 2.13. The second-order valence-corrected chi connectivity index (χ2v) is 6.29. The summed E-state index contributed by atoms with van der Waals surface area (Å²) in [5.74, 6) is 0.607. The van der Waals surface area contributed by atoms with E-state index < -0.39 is 7.60 Å². The average molecular weight is 291 g/mol. The minimum Gasteiger partial charge on any atom is -0.309 e. The minimum atomic E-state index is -3.00. The molecule has 0 aliphatic rings. The van der Waals surface area contributed by atoms with Crippen LogP contribution < -0.4 is 0 Å². The molecule has 1 rings (SSSR count). The molecule has 1 aromatic rings. The fraction of sp³-hybridized carbons (Fsp3) is 0.538. The van der Waals surface area contributed by atoms with Crippen molar-refractivity contribution in [3.63, 3.8) is 0 Å². The maximum absolute atomic E-state index is 12.3. The van der Waals surface area contributed by atoms with Crippen molar-refractivity contribution in [2.75, 3.05) is 19.1 Å². The average Bonchev–Trinajstić information content (AvgIpc) is 2.32. The van der Waals surface area contributed by atoms with Gasteiger partial charge in [0.15, 0.2) is 0 Å². The predicted molar refractivity (Wildman–Crippen MR) is 75.4 cm³/mol. The van der Waals surface area contributed by atoms with Crippen LogP contribution in [0.3, 0.4) is 0 Å². The highest BCUT2D eigenvalue weighted by Crippen LogP contribution is 2.51. The molecule has 0 aliphatic heterocycles. The zero-order valence-electron chi connectivity index (χ0n) is 10.9. The van der Waals surface area contributed by atoms with Crippen molar-refractivity contribution in [1.29, 1.82) is 0 Å². The maximum atomic E-state index is 12.3. The lowest BCUT2D eigenvalue weighted by Crippen LogP contribution is -1.99. The molecule has 5 heteroatoms. The lowest BCUT2D eigenvalue weighted by Gasteiger charge is -2.17. The van der Waals surface area contributed by atoms with Crippen molar-refractivity contribution >= 4 is 19.2 Å². The lowest BCUT2D eigenvalue weighted by atomic mass is 10.1. The van der Waals surface area contributed by atoms with Crippen molar-refractivity contribution < 1.29 is 13.6 Å². The summed E-state index contributed by atoms with van der Waals surface area (Å²) >= 11 is 5.68. The Balaban J connectivity index is 2.71. The van der Waals surface area contributed by atoms with Crippen LogP contribution in [0.25, 0.3) is 0 Å².